The molecular formula is C8H14N12O2. The van der Waals surface area contributed by atoms with Gasteiger partial charge < -0.3 is 34.4 Å². The highest BCUT2D eigenvalue weighted by Gasteiger charge is 1.94. The molecule has 0 radical (unpaired) electrons. The average molecular weight is 310 g/mol. The highest BCUT2D eigenvalue weighted by molar-refractivity contribution is 6.09. The van der Waals surface area contributed by atoms with Crippen molar-refractivity contribution in [2.45, 2.75) is 0 Å². The van der Waals surface area contributed by atoms with Gasteiger partial charge in [0, 0.05) is 0 Å². The zero-order valence-electron chi connectivity index (χ0n) is 11.1. The molecule has 2 aromatic rings. The van der Waals surface area contributed by atoms with Crippen LogP contribution in [0.3, 0.4) is 0 Å². The Morgan fingerprint density at radius 3 is 0.682 bits per heavy atom. The number of nitrogens with zero attached hydrogens (tertiary/aromatic N) is 6. The van der Waals surface area contributed by atoms with E-state index in [-0.39, 0.29) is 48.3 Å². The van der Waals surface area contributed by atoms with Crippen molar-refractivity contribution in [1.29, 1.82) is 0 Å². The van der Waals surface area contributed by atoms with Gasteiger partial charge >= 0.3 is 0 Å². The van der Waals surface area contributed by atoms with E-state index in [0.717, 1.165) is 0 Å². The number of hydrogen-bond donors (Lipinski definition) is 6. The quantitative estimate of drug-likeness (QED) is 0.221. The van der Waals surface area contributed by atoms with Gasteiger partial charge in [-0.2, -0.15) is 29.9 Å². The second-order valence-corrected chi connectivity index (χ2v) is 3.09. The lowest BCUT2D eigenvalue weighted by Crippen LogP contribution is -2.05. The smallest absolute Gasteiger partial charge is 0.226 e. The van der Waals surface area contributed by atoms with Crippen molar-refractivity contribution in [3.05, 3.63) is 0 Å². The van der Waals surface area contributed by atoms with Gasteiger partial charge in [-0.3, -0.25) is 9.59 Å². The summed E-state index contributed by atoms with van der Waals surface area (Å²) in [5.41, 5.74) is 30.8. The Bertz CT molecular complexity index is 476. The second-order valence-electron chi connectivity index (χ2n) is 3.09. The Morgan fingerprint density at radius 2 is 0.591 bits per heavy atom. The van der Waals surface area contributed by atoms with Crippen molar-refractivity contribution in [3.8, 4) is 0 Å². The molecule has 0 saturated carbocycles. The van der Waals surface area contributed by atoms with Crippen LogP contribution in [0.4, 0.5) is 35.7 Å². The van der Waals surface area contributed by atoms with Crippen LogP contribution in [-0.4, -0.2) is 42.5 Å². The van der Waals surface area contributed by atoms with Crippen molar-refractivity contribution in [2.75, 3.05) is 34.4 Å². The topological polar surface area (TPSA) is 268 Å². The van der Waals surface area contributed by atoms with E-state index in [4.69, 9.17) is 44.0 Å². The molecule has 2 aromatic heterocycles. The molecule has 2 heterocycles. The monoisotopic (exact) mass is 310 g/mol. The summed E-state index contributed by atoms with van der Waals surface area (Å²) in [7, 11) is 0. The van der Waals surface area contributed by atoms with Crippen LogP contribution in [0.2, 0.25) is 0 Å². The fourth-order valence-corrected chi connectivity index (χ4v) is 0.854. The first-order valence-corrected chi connectivity index (χ1v) is 5.22. The molecule has 22 heavy (non-hydrogen) atoms. The fourth-order valence-electron chi connectivity index (χ4n) is 0.854. The van der Waals surface area contributed by atoms with Gasteiger partial charge in [-0.1, -0.05) is 0 Å². The summed E-state index contributed by atoms with van der Waals surface area (Å²) in [5.74, 6) is 0.250. The molecule has 0 aliphatic heterocycles. The summed E-state index contributed by atoms with van der Waals surface area (Å²) < 4.78 is 0. The average Bonchev–Trinajstić information content (AvgIpc) is 2.36. The Morgan fingerprint density at radius 1 is 0.455 bits per heavy atom. The van der Waals surface area contributed by atoms with Crippen LogP contribution < -0.4 is 34.4 Å². The number of hydrogen-bond acceptors (Lipinski definition) is 14. The first-order valence-electron chi connectivity index (χ1n) is 5.22. The molecule has 12 N–H and O–H groups in total. The van der Waals surface area contributed by atoms with Gasteiger partial charge in [0.15, 0.2) is 12.6 Å². The predicted molar refractivity (Wildman–Crippen MR) is 78.3 cm³/mol. The summed E-state index contributed by atoms with van der Waals surface area (Å²) in [5, 5.41) is 0. The van der Waals surface area contributed by atoms with Gasteiger partial charge in [-0.05, 0) is 0 Å². The van der Waals surface area contributed by atoms with Gasteiger partial charge in [-0.15, -0.1) is 0 Å². The van der Waals surface area contributed by atoms with E-state index < -0.39 is 0 Å². The molecule has 0 bridgehead atoms. The summed E-state index contributed by atoms with van der Waals surface area (Å²) in [6, 6.07) is 0. The van der Waals surface area contributed by atoms with Crippen LogP contribution in [-0.2, 0) is 9.59 Å². The summed E-state index contributed by atoms with van der Waals surface area (Å²) >= 11 is 0. The maximum Gasteiger partial charge on any atom is 0.226 e. The van der Waals surface area contributed by atoms with Crippen LogP contribution in [0.5, 0.6) is 0 Å². The number of nitrogens with two attached hydrogens (primary N) is 6. The minimum absolute atomic E-state index is 0.0417. The third-order valence-electron chi connectivity index (χ3n) is 1.43. The third kappa shape index (κ3) is 8.29. The third-order valence-corrected chi connectivity index (χ3v) is 1.43. The van der Waals surface area contributed by atoms with E-state index in [1.165, 1.54) is 0 Å². The largest absolute Gasteiger partial charge is 0.368 e. The molecule has 2 rings (SSSR count). The molecule has 14 nitrogen and oxygen atoms in total. The normalized spacial score (nSPS) is 8.55. The highest BCUT2D eigenvalue weighted by atomic mass is 16.2. The van der Waals surface area contributed by atoms with Gasteiger partial charge in [0.1, 0.15) is 0 Å². The highest BCUT2D eigenvalue weighted by Crippen LogP contribution is 1.98. The Labute approximate surface area is 123 Å². The van der Waals surface area contributed by atoms with Gasteiger partial charge in [0.2, 0.25) is 35.7 Å². The predicted octanol–water partition coefficient (Wildman–Crippen LogP) is -3.38. The van der Waals surface area contributed by atoms with Crippen LogP contribution in [0, 0.1) is 0 Å². The van der Waals surface area contributed by atoms with E-state index >= 15 is 0 Å². The van der Waals surface area contributed by atoms with E-state index in [0.29, 0.717) is 0 Å². The zero-order chi connectivity index (χ0) is 17.1. The van der Waals surface area contributed by atoms with Crippen molar-refractivity contribution >= 4 is 48.3 Å². The summed E-state index contributed by atoms with van der Waals surface area (Å²) in [4.78, 5) is 38.5. The lowest BCUT2D eigenvalue weighted by atomic mass is 10.9. The first-order chi connectivity index (χ1) is 10.3. The van der Waals surface area contributed by atoms with E-state index in [9.17, 15) is 0 Å². The lowest BCUT2D eigenvalue weighted by Gasteiger charge is -1.93. The number of aromatic nitrogens is 6. The summed E-state index contributed by atoms with van der Waals surface area (Å²) in [6.07, 6.45) is 0.389. The van der Waals surface area contributed by atoms with Gasteiger partial charge in [0.25, 0.3) is 0 Å². The molecule has 0 aliphatic rings. The molecule has 0 saturated heterocycles. The number of carbonyl (C=O) groups excluding carboxylic acids is 2. The standard InChI is InChI=1S/2C3H6N6.C2H2O2/c2*4-1-7-2(5)9-3(6)8-1;3-1-2-4/h2*(H6,4,5,6,7,8,9);1-2H. The van der Waals surface area contributed by atoms with Crippen molar-refractivity contribution in [1.82, 2.24) is 29.9 Å². The minimum Gasteiger partial charge on any atom is -0.368 e. The van der Waals surface area contributed by atoms with Crippen molar-refractivity contribution in [2.24, 2.45) is 0 Å². The maximum absolute atomic E-state index is 8.81. The van der Waals surface area contributed by atoms with Gasteiger partial charge in [0.05, 0.1) is 0 Å². The molecule has 0 aliphatic carbocycles. The Hall–Kier alpha value is -3.84. The van der Waals surface area contributed by atoms with E-state index in [2.05, 4.69) is 29.9 Å². The molecule has 14 heteroatoms. The molecular weight excluding hydrogens is 296 g/mol. The number of rotatable bonds is 1. The number of aldehydes is 2. The zero-order valence-corrected chi connectivity index (χ0v) is 11.1. The Balaban J connectivity index is 0.000000326. The molecule has 0 aromatic carbocycles. The fraction of sp³-hybridized carbons (Fsp3) is 0. The SMILES string of the molecule is Nc1nc(N)nc(N)n1.Nc1nc(N)nc(N)n1.O=CC=O. The summed E-state index contributed by atoms with van der Waals surface area (Å²) in [6.45, 7) is 0. The van der Waals surface area contributed by atoms with Crippen molar-refractivity contribution < 1.29 is 9.59 Å². The molecule has 0 unspecified atom stereocenters. The molecule has 0 fully saturated rings. The van der Waals surface area contributed by atoms with Crippen LogP contribution >= 0.6 is 0 Å². The number of anilines is 6. The Kier molecular flexibility index (Phi) is 7.53. The number of carbonyl (C=O) groups is 2. The molecule has 0 atom stereocenters. The van der Waals surface area contributed by atoms with E-state index in [1.807, 2.05) is 0 Å². The van der Waals surface area contributed by atoms with Crippen LogP contribution in [0.25, 0.3) is 0 Å². The van der Waals surface area contributed by atoms with Crippen molar-refractivity contribution in [3.63, 3.8) is 0 Å². The van der Waals surface area contributed by atoms with Crippen LogP contribution in [0.1, 0.15) is 0 Å². The van der Waals surface area contributed by atoms with E-state index in [1.54, 1.807) is 0 Å². The first kappa shape index (κ1) is 18.2. The number of nitrogen functional groups attached to an aromatic ring is 6. The lowest BCUT2D eigenvalue weighted by molar-refractivity contribution is -0.122. The van der Waals surface area contributed by atoms with Gasteiger partial charge in [-0.25, -0.2) is 0 Å². The molecule has 0 spiro atoms. The maximum atomic E-state index is 8.81. The second kappa shape index (κ2) is 9.13. The molecule has 118 valence electrons. The molecule has 0 amide bonds. The minimum atomic E-state index is 0.0417. The van der Waals surface area contributed by atoms with Crippen LogP contribution in [0.15, 0.2) is 0 Å².